The molecule has 0 saturated heterocycles. The maximum absolute atomic E-state index is 6.71. The standard InChI is InChI=1S/C70H41N3OS2/c1-3-19-46(20-4-1)70(47-21-5-2-6-22-47)56-29-10-7-24-50(56)64-48(26-14-30-57(64)70)44-18-13-17-42(39-44)43-35-37-58-55(40-43)65-52(27-15-31-59(65)74-58)68-71-67(45-36-38-62-54(41-45)49-23-8-11-32-60(49)75-62)72-69(73-68)53-28-16-34-63-66(53)51-25-9-12-33-61(51)76-63/h1-41H. The lowest BCUT2D eigenvalue weighted by atomic mass is 9.67. The number of fused-ring (bicyclic) bond motifs is 12. The highest BCUT2D eigenvalue weighted by Crippen LogP contribution is 2.58. The molecule has 11 aromatic carbocycles. The fourth-order valence-electron chi connectivity index (χ4n) is 12.4. The molecule has 16 rings (SSSR count). The number of rotatable bonds is 7. The Morgan fingerprint density at radius 2 is 0.842 bits per heavy atom. The Morgan fingerprint density at radius 3 is 1.66 bits per heavy atom. The van der Waals surface area contributed by atoms with Crippen molar-refractivity contribution in [1.82, 2.24) is 15.0 Å². The Labute approximate surface area is 445 Å². The van der Waals surface area contributed by atoms with Gasteiger partial charge >= 0.3 is 0 Å². The fraction of sp³-hybridized carbons (Fsp3) is 0.0143. The van der Waals surface area contributed by atoms with Crippen molar-refractivity contribution < 1.29 is 4.42 Å². The van der Waals surface area contributed by atoms with Gasteiger partial charge in [0.05, 0.1) is 5.41 Å². The van der Waals surface area contributed by atoms with Crippen molar-refractivity contribution in [2.24, 2.45) is 0 Å². The molecule has 0 N–H and O–H groups in total. The number of thiophene rings is 2. The number of nitrogens with zero attached hydrogens (tertiary/aromatic N) is 3. The molecule has 1 aliphatic rings. The highest BCUT2D eigenvalue weighted by molar-refractivity contribution is 7.26. The van der Waals surface area contributed by atoms with E-state index in [9.17, 15) is 0 Å². The van der Waals surface area contributed by atoms with Gasteiger partial charge in [-0.3, -0.25) is 0 Å². The third-order valence-electron chi connectivity index (χ3n) is 15.6. The zero-order valence-electron chi connectivity index (χ0n) is 40.7. The first-order valence-electron chi connectivity index (χ1n) is 25.6. The van der Waals surface area contributed by atoms with Gasteiger partial charge in [-0.2, -0.15) is 0 Å². The van der Waals surface area contributed by atoms with E-state index < -0.39 is 5.41 Å². The van der Waals surface area contributed by atoms with Crippen LogP contribution in [0, 0.1) is 0 Å². The van der Waals surface area contributed by atoms with Crippen LogP contribution in [0.15, 0.2) is 253 Å². The lowest BCUT2D eigenvalue weighted by molar-refractivity contribution is 0.669. The molecule has 354 valence electrons. The van der Waals surface area contributed by atoms with Crippen LogP contribution >= 0.6 is 22.7 Å². The molecule has 6 heteroatoms. The van der Waals surface area contributed by atoms with Crippen LogP contribution in [0.1, 0.15) is 22.3 Å². The molecule has 0 aliphatic heterocycles. The van der Waals surface area contributed by atoms with Crippen LogP contribution in [0.2, 0.25) is 0 Å². The molecule has 0 bridgehead atoms. The van der Waals surface area contributed by atoms with Gasteiger partial charge in [0.1, 0.15) is 11.2 Å². The van der Waals surface area contributed by atoms with E-state index in [1.165, 1.54) is 73.9 Å². The first-order chi connectivity index (χ1) is 37.7. The fourth-order valence-corrected chi connectivity index (χ4v) is 14.6. The van der Waals surface area contributed by atoms with Gasteiger partial charge in [0.25, 0.3) is 0 Å². The van der Waals surface area contributed by atoms with Gasteiger partial charge in [0.15, 0.2) is 17.5 Å². The number of benzene rings is 11. The van der Waals surface area contributed by atoms with E-state index >= 15 is 0 Å². The molecule has 4 nitrogen and oxygen atoms in total. The third-order valence-corrected chi connectivity index (χ3v) is 17.9. The number of aromatic nitrogens is 3. The maximum Gasteiger partial charge on any atom is 0.164 e. The van der Waals surface area contributed by atoms with Crippen molar-refractivity contribution in [2.45, 2.75) is 5.41 Å². The lowest BCUT2D eigenvalue weighted by Gasteiger charge is -2.34. The molecule has 0 atom stereocenters. The van der Waals surface area contributed by atoms with Crippen LogP contribution in [0.4, 0.5) is 0 Å². The summed E-state index contributed by atoms with van der Waals surface area (Å²) in [6, 6.07) is 90.0. The van der Waals surface area contributed by atoms with Gasteiger partial charge in [-0.25, -0.2) is 15.0 Å². The topological polar surface area (TPSA) is 51.8 Å². The van der Waals surface area contributed by atoms with Crippen molar-refractivity contribution in [3.63, 3.8) is 0 Å². The van der Waals surface area contributed by atoms with Crippen molar-refractivity contribution in [3.8, 4) is 67.5 Å². The summed E-state index contributed by atoms with van der Waals surface area (Å²) in [6.45, 7) is 0. The second kappa shape index (κ2) is 16.8. The zero-order chi connectivity index (χ0) is 49.9. The molecule has 0 radical (unpaired) electrons. The Morgan fingerprint density at radius 1 is 0.303 bits per heavy atom. The van der Waals surface area contributed by atoms with Crippen LogP contribution in [0.5, 0.6) is 0 Å². The average molecular weight is 1000 g/mol. The number of furan rings is 1. The maximum atomic E-state index is 6.71. The largest absolute Gasteiger partial charge is 0.456 e. The first kappa shape index (κ1) is 43.1. The minimum Gasteiger partial charge on any atom is -0.456 e. The van der Waals surface area contributed by atoms with Gasteiger partial charge in [0, 0.05) is 67.8 Å². The minimum absolute atomic E-state index is 0.481. The molecule has 76 heavy (non-hydrogen) atoms. The molecule has 0 fully saturated rings. The van der Waals surface area contributed by atoms with E-state index in [2.05, 4.69) is 243 Å². The molecule has 4 heterocycles. The smallest absolute Gasteiger partial charge is 0.164 e. The SMILES string of the molecule is c1ccc(C2(c3ccccc3)c3ccccc3-c3c(-c4cccc(-c5ccc6oc7cccc(-c8nc(-c9ccc%10sc%11ccccc%11c%10c9)nc(-c9cccc%10sc%11ccccc%11c9%10)n8)c7c6c5)c4)cccc32)cc1. The molecule has 0 spiro atoms. The monoisotopic (exact) mass is 1000 g/mol. The predicted molar refractivity (Wildman–Crippen MR) is 317 cm³/mol. The summed E-state index contributed by atoms with van der Waals surface area (Å²) < 4.78 is 11.6. The number of hydrogen-bond acceptors (Lipinski definition) is 6. The highest BCUT2D eigenvalue weighted by Gasteiger charge is 2.46. The normalized spacial score (nSPS) is 12.8. The summed E-state index contributed by atoms with van der Waals surface area (Å²) in [4.78, 5) is 16.2. The first-order valence-corrected chi connectivity index (χ1v) is 27.3. The molecule has 0 unspecified atom stereocenters. The summed E-state index contributed by atoms with van der Waals surface area (Å²) >= 11 is 3.61. The van der Waals surface area contributed by atoms with Crippen molar-refractivity contribution in [2.75, 3.05) is 0 Å². The van der Waals surface area contributed by atoms with Gasteiger partial charge in [-0.05, 0) is 116 Å². The van der Waals surface area contributed by atoms with Gasteiger partial charge in [-0.15, -0.1) is 22.7 Å². The summed E-state index contributed by atoms with van der Waals surface area (Å²) in [6.07, 6.45) is 0. The van der Waals surface area contributed by atoms with E-state index in [1.54, 1.807) is 11.3 Å². The second-order valence-electron chi connectivity index (χ2n) is 19.7. The molecular formula is C70H41N3OS2. The lowest BCUT2D eigenvalue weighted by Crippen LogP contribution is -2.28. The van der Waals surface area contributed by atoms with Crippen LogP contribution in [0.25, 0.3) is 130 Å². The average Bonchev–Trinajstić information content (AvgIpc) is 4.40. The van der Waals surface area contributed by atoms with E-state index in [0.29, 0.717) is 17.5 Å². The zero-order valence-corrected chi connectivity index (χ0v) is 42.4. The molecular weight excluding hydrogens is 963 g/mol. The van der Waals surface area contributed by atoms with Crippen LogP contribution in [-0.4, -0.2) is 15.0 Å². The molecule has 0 saturated carbocycles. The highest BCUT2D eigenvalue weighted by atomic mass is 32.1. The van der Waals surface area contributed by atoms with E-state index in [-0.39, 0.29) is 0 Å². The third kappa shape index (κ3) is 6.45. The van der Waals surface area contributed by atoms with Gasteiger partial charge < -0.3 is 4.42 Å². The Hall–Kier alpha value is -9.33. The molecule has 15 aromatic rings. The summed E-state index contributed by atoms with van der Waals surface area (Å²) in [7, 11) is 0. The van der Waals surface area contributed by atoms with Crippen LogP contribution < -0.4 is 0 Å². The van der Waals surface area contributed by atoms with Gasteiger partial charge in [0.2, 0.25) is 0 Å². The van der Waals surface area contributed by atoms with Gasteiger partial charge in [-0.1, -0.05) is 188 Å². The molecule has 4 aromatic heterocycles. The van der Waals surface area contributed by atoms with E-state index in [1.807, 2.05) is 17.4 Å². The Bertz CT molecular complexity index is 4800. The van der Waals surface area contributed by atoms with E-state index in [0.717, 1.165) is 60.7 Å². The second-order valence-corrected chi connectivity index (χ2v) is 21.9. The molecule has 1 aliphatic carbocycles. The van der Waals surface area contributed by atoms with Crippen molar-refractivity contribution in [3.05, 3.63) is 271 Å². The van der Waals surface area contributed by atoms with E-state index in [4.69, 9.17) is 19.4 Å². The van der Waals surface area contributed by atoms with Crippen LogP contribution in [0.3, 0.4) is 0 Å². The van der Waals surface area contributed by atoms with Crippen molar-refractivity contribution in [1.29, 1.82) is 0 Å². The number of hydrogen-bond donors (Lipinski definition) is 0. The Kier molecular flexibility index (Phi) is 9.56. The Balaban J connectivity index is 0.867. The van der Waals surface area contributed by atoms with Crippen molar-refractivity contribution >= 4 is 85.0 Å². The summed E-state index contributed by atoms with van der Waals surface area (Å²) in [5, 5.41) is 6.74. The quantitative estimate of drug-likeness (QED) is 0.160. The molecule has 0 amide bonds. The summed E-state index contributed by atoms with van der Waals surface area (Å²) in [5.74, 6) is 1.84. The van der Waals surface area contributed by atoms with Crippen LogP contribution in [-0.2, 0) is 5.41 Å². The predicted octanol–water partition coefficient (Wildman–Crippen LogP) is 19.2. The summed E-state index contributed by atoms with van der Waals surface area (Å²) in [5.41, 5.74) is 16.1. The minimum atomic E-state index is -0.481.